The SMILES string of the molecule is NC(C(=O)N1CCC(CN2CCCCC2)C1)c1ccccc1. The van der Waals surface area contributed by atoms with Crippen LogP contribution < -0.4 is 5.73 Å². The van der Waals surface area contributed by atoms with Crippen molar-refractivity contribution in [2.24, 2.45) is 11.7 Å². The van der Waals surface area contributed by atoms with Crippen molar-refractivity contribution < 1.29 is 4.79 Å². The van der Waals surface area contributed by atoms with Crippen molar-refractivity contribution in [3.63, 3.8) is 0 Å². The number of benzene rings is 1. The first-order valence-electron chi connectivity index (χ1n) is 8.55. The lowest BCUT2D eigenvalue weighted by molar-refractivity contribution is -0.131. The standard InChI is InChI=1S/C18H27N3O/c19-17(16-7-3-1-4-8-16)18(22)21-12-9-15(14-21)13-20-10-5-2-6-11-20/h1,3-4,7-8,15,17H,2,5-6,9-14,19H2. The fourth-order valence-corrected chi connectivity index (χ4v) is 3.69. The number of nitrogens with two attached hydrogens (primary N) is 1. The summed E-state index contributed by atoms with van der Waals surface area (Å²) in [7, 11) is 0. The topological polar surface area (TPSA) is 49.6 Å². The summed E-state index contributed by atoms with van der Waals surface area (Å²) in [5, 5.41) is 0. The highest BCUT2D eigenvalue weighted by molar-refractivity contribution is 5.83. The summed E-state index contributed by atoms with van der Waals surface area (Å²) < 4.78 is 0. The van der Waals surface area contributed by atoms with E-state index in [9.17, 15) is 4.79 Å². The third kappa shape index (κ3) is 3.68. The Kier molecular flexibility index (Phi) is 5.11. The van der Waals surface area contributed by atoms with E-state index in [0.29, 0.717) is 5.92 Å². The van der Waals surface area contributed by atoms with Gasteiger partial charge in [-0.05, 0) is 43.8 Å². The second-order valence-corrected chi connectivity index (χ2v) is 6.69. The van der Waals surface area contributed by atoms with Gasteiger partial charge in [0.1, 0.15) is 6.04 Å². The lowest BCUT2D eigenvalue weighted by atomic mass is 10.1. The predicted octanol–water partition coefficient (Wildman–Crippen LogP) is 2.02. The Hall–Kier alpha value is -1.39. The molecule has 2 atom stereocenters. The van der Waals surface area contributed by atoms with Crippen LogP contribution in [0, 0.1) is 5.92 Å². The molecule has 4 heteroatoms. The number of carbonyl (C=O) groups is 1. The van der Waals surface area contributed by atoms with Crippen molar-refractivity contribution in [1.29, 1.82) is 0 Å². The first-order valence-corrected chi connectivity index (χ1v) is 8.55. The number of hydrogen-bond acceptors (Lipinski definition) is 3. The molecule has 120 valence electrons. The van der Waals surface area contributed by atoms with Crippen molar-refractivity contribution in [3.8, 4) is 0 Å². The molecule has 2 unspecified atom stereocenters. The third-order valence-electron chi connectivity index (χ3n) is 4.99. The van der Waals surface area contributed by atoms with Gasteiger partial charge >= 0.3 is 0 Å². The maximum atomic E-state index is 12.6. The van der Waals surface area contributed by atoms with Crippen LogP contribution in [-0.2, 0) is 4.79 Å². The Morgan fingerprint density at radius 1 is 1.14 bits per heavy atom. The maximum absolute atomic E-state index is 12.6. The largest absolute Gasteiger partial charge is 0.341 e. The average molecular weight is 301 g/mol. The van der Waals surface area contributed by atoms with Crippen molar-refractivity contribution in [1.82, 2.24) is 9.80 Å². The predicted molar refractivity (Wildman–Crippen MR) is 88.3 cm³/mol. The molecule has 3 rings (SSSR count). The van der Waals surface area contributed by atoms with E-state index in [1.54, 1.807) is 0 Å². The molecule has 1 aromatic rings. The molecule has 0 aliphatic carbocycles. The molecule has 2 aliphatic heterocycles. The zero-order chi connectivity index (χ0) is 15.4. The molecule has 1 aromatic carbocycles. The van der Waals surface area contributed by atoms with Crippen LogP contribution in [0.2, 0.25) is 0 Å². The van der Waals surface area contributed by atoms with Gasteiger partial charge < -0.3 is 15.5 Å². The first kappa shape index (κ1) is 15.5. The molecule has 22 heavy (non-hydrogen) atoms. The Morgan fingerprint density at radius 3 is 2.59 bits per heavy atom. The Balaban J connectivity index is 1.52. The molecular weight excluding hydrogens is 274 g/mol. The third-order valence-corrected chi connectivity index (χ3v) is 4.99. The van der Waals surface area contributed by atoms with E-state index < -0.39 is 6.04 Å². The van der Waals surface area contributed by atoms with Crippen molar-refractivity contribution >= 4 is 5.91 Å². The smallest absolute Gasteiger partial charge is 0.244 e. The van der Waals surface area contributed by atoms with Gasteiger partial charge in [0.05, 0.1) is 0 Å². The highest BCUT2D eigenvalue weighted by Gasteiger charge is 2.30. The van der Waals surface area contributed by atoms with Crippen LogP contribution in [0.4, 0.5) is 0 Å². The summed E-state index contributed by atoms with van der Waals surface area (Å²) in [6.45, 7) is 5.33. The summed E-state index contributed by atoms with van der Waals surface area (Å²) in [6.07, 6.45) is 5.14. The number of hydrogen-bond donors (Lipinski definition) is 1. The summed E-state index contributed by atoms with van der Waals surface area (Å²) in [5.41, 5.74) is 7.06. The molecule has 0 saturated carbocycles. The van der Waals surface area contributed by atoms with Crippen molar-refractivity contribution in [2.75, 3.05) is 32.7 Å². The van der Waals surface area contributed by atoms with Crippen LogP contribution >= 0.6 is 0 Å². The second kappa shape index (κ2) is 7.25. The fraction of sp³-hybridized carbons (Fsp3) is 0.611. The average Bonchev–Trinajstić information content (AvgIpc) is 3.04. The van der Waals surface area contributed by atoms with Crippen LogP contribution in [0.25, 0.3) is 0 Å². The molecule has 1 amide bonds. The number of rotatable bonds is 4. The fourth-order valence-electron chi connectivity index (χ4n) is 3.69. The highest BCUT2D eigenvalue weighted by Crippen LogP contribution is 2.22. The monoisotopic (exact) mass is 301 g/mol. The number of amides is 1. The number of nitrogens with zero attached hydrogens (tertiary/aromatic N) is 2. The molecular formula is C18H27N3O. The van der Waals surface area contributed by atoms with Gasteiger partial charge in [0.15, 0.2) is 0 Å². The zero-order valence-corrected chi connectivity index (χ0v) is 13.3. The molecule has 0 spiro atoms. The molecule has 2 saturated heterocycles. The van der Waals surface area contributed by atoms with Gasteiger partial charge in [-0.3, -0.25) is 4.79 Å². The minimum atomic E-state index is -0.519. The van der Waals surface area contributed by atoms with Gasteiger partial charge in [0, 0.05) is 19.6 Å². The first-order chi connectivity index (χ1) is 10.7. The van der Waals surface area contributed by atoms with Crippen molar-refractivity contribution in [2.45, 2.75) is 31.7 Å². The van der Waals surface area contributed by atoms with E-state index in [-0.39, 0.29) is 5.91 Å². The van der Waals surface area contributed by atoms with E-state index in [1.807, 2.05) is 35.2 Å². The van der Waals surface area contributed by atoms with Crippen LogP contribution in [0.15, 0.2) is 30.3 Å². The van der Waals surface area contributed by atoms with E-state index in [2.05, 4.69) is 4.90 Å². The number of likely N-dealkylation sites (tertiary alicyclic amines) is 2. The summed E-state index contributed by atoms with van der Waals surface area (Å²) >= 11 is 0. The molecule has 2 aliphatic rings. The van der Waals surface area contributed by atoms with Gasteiger partial charge in [-0.15, -0.1) is 0 Å². The summed E-state index contributed by atoms with van der Waals surface area (Å²) in [4.78, 5) is 17.1. The van der Waals surface area contributed by atoms with Crippen LogP contribution in [0.3, 0.4) is 0 Å². The van der Waals surface area contributed by atoms with Crippen LogP contribution in [0.1, 0.15) is 37.3 Å². The minimum Gasteiger partial charge on any atom is -0.341 e. The van der Waals surface area contributed by atoms with Gasteiger partial charge in [0.25, 0.3) is 0 Å². The Morgan fingerprint density at radius 2 is 1.86 bits per heavy atom. The quantitative estimate of drug-likeness (QED) is 0.925. The molecule has 4 nitrogen and oxygen atoms in total. The molecule has 2 N–H and O–H groups in total. The van der Waals surface area contributed by atoms with E-state index >= 15 is 0 Å². The number of piperidine rings is 1. The molecule has 0 aromatic heterocycles. The summed E-state index contributed by atoms with van der Waals surface area (Å²) in [6, 6.07) is 9.17. The highest BCUT2D eigenvalue weighted by atomic mass is 16.2. The Bertz CT molecular complexity index is 484. The van der Waals surface area contributed by atoms with Crippen LogP contribution in [0.5, 0.6) is 0 Å². The Labute approximate surface area is 133 Å². The minimum absolute atomic E-state index is 0.0762. The van der Waals surface area contributed by atoms with E-state index in [4.69, 9.17) is 5.73 Å². The molecule has 0 radical (unpaired) electrons. The maximum Gasteiger partial charge on any atom is 0.244 e. The molecule has 2 fully saturated rings. The van der Waals surface area contributed by atoms with Crippen LogP contribution in [-0.4, -0.2) is 48.4 Å². The second-order valence-electron chi connectivity index (χ2n) is 6.69. The molecule has 2 heterocycles. The lowest BCUT2D eigenvalue weighted by Gasteiger charge is -2.29. The summed E-state index contributed by atoms with van der Waals surface area (Å²) in [5.74, 6) is 0.692. The zero-order valence-electron chi connectivity index (χ0n) is 13.3. The molecule has 0 bridgehead atoms. The van der Waals surface area contributed by atoms with Gasteiger partial charge in [0.2, 0.25) is 5.91 Å². The normalized spacial score (nSPS) is 24.4. The lowest BCUT2D eigenvalue weighted by Crippen LogP contribution is -2.39. The van der Waals surface area contributed by atoms with E-state index in [1.165, 1.54) is 32.4 Å². The number of carbonyl (C=O) groups excluding carboxylic acids is 1. The van der Waals surface area contributed by atoms with Crippen molar-refractivity contribution in [3.05, 3.63) is 35.9 Å². The van der Waals surface area contributed by atoms with E-state index in [0.717, 1.165) is 31.6 Å². The van der Waals surface area contributed by atoms with Gasteiger partial charge in [-0.2, -0.15) is 0 Å². The van der Waals surface area contributed by atoms with Gasteiger partial charge in [-0.1, -0.05) is 36.8 Å². The van der Waals surface area contributed by atoms with Gasteiger partial charge in [-0.25, -0.2) is 0 Å².